The first-order valence-corrected chi connectivity index (χ1v) is 13.2. The Hall–Kier alpha value is -5.02. The number of amides is 3. The van der Waals surface area contributed by atoms with Crippen LogP contribution in [0.15, 0.2) is 97.1 Å². The van der Waals surface area contributed by atoms with Gasteiger partial charge < -0.3 is 21.1 Å². The van der Waals surface area contributed by atoms with Crippen LogP contribution in [-0.4, -0.2) is 22.8 Å². The molecule has 1 aliphatic rings. The molecule has 0 radical (unpaired) electrons. The predicted octanol–water partition coefficient (Wildman–Crippen LogP) is 4.52. The van der Waals surface area contributed by atoms with E-state index >= 15 is 0 Å². The molecule has 1 aliphatic heterocycles. The van der Waals surface area contributed by atoms with E-state index in [4.69, 9.17) is 5.73 Å². The van der Waals surface area contributed by atoms with Gasteiger partial charge in [0.05, 0.1) is 17.9 Å². The van der Waals surface area contributed by atoms with Gasteiger partial charge in [-0.25, -0.2) is 4.39 Å². The standard InChI is InChI=1S/C32H29FN4O4/c33-27-6-2-1-5-23(27)19-35-30(39)17-26-31(40)36(20-22-11-15-25(38)16-12-22)28-7-3-4-8-29(28)37(32(26)41)24-13-9-21(18-34)10-14-24/h1-16,26,38H,17-20,34H2,(H,35,39). The fourth-order valence-electron chi connectivity index (χ4n) is 4.83. The molecule has 4 aromatic carbocycles. The smallest absolute Gasteiger partial charge is 0.244 e. The SMILES string of the molecule is NCc1ccc(N2C(=O)C(CC(=O)NCc3ccccc3F)C(=O)N(Cc3ccc(O)cc3)c3ccccc32)cc1. The van der Waals surface area contributed by atoms with E-state index in [9.17, 15) is 23.9 Å². The van der Waals surface area contributed by atoms with Crippen LogP contribution in [0, 0.1) is 11.7 Å². The van der Waals surface area contributed by atoms with Crippen molar-refractivity contribution in [3.05, 3.63) is 120 Å². The lowest BCUT2D eigenvalue weighted by Crippen LogP contribution is -2.43. The first kappa shape index (κ1) is 27.5. The summed E-state index contributed by atoms with van der Waals surface area (Å²) in [5.74, 6) is -3.39. The highest BCUT2D eigenvalue weighted by Crippen LogP contribution is 2.40. The van der Waals surface area contributed by atoms with Crippen LogP contribution < -0.4 is 20.9 Å². The van der Waals surface area contributed by atoms with Crippen LogP contribution in [0.1, 0.15) is 23.1 Å². The fraction of sp³-hybridized carbons (Fsp3) is 0.156. The Morgan fingerprint density at radius 2 is 1.46 bits per heavy atom. The van der Waals surface area contributed by atoms with Crippen molar-refractivity contribution in [2.75, 3.05) is 9.80 Å². The number of nitrogens with zero attached hydrogens (tertiary/aromatic N) is 2. The monoisotopic (exact) mass is 552 g/mol. The molecule has 8 nitrogen and oxygen atoms in total. The molecule has 0 bridgehead atoms. The summed E-state index contributed by atoms with van der Waals surface area (Å²) in [7, 11) is 0. The van der Waals surface area contributed by atoms with Crippen molar-refractivity contribution in [3.63, 3.8) is 0 Å². The molecule has 3 amide bonds. The number of hydrogen-bond acceptors (Lipinski definition) is 5. The zero-order valence-electron chi connectivity index (χ0n) is 22.2. The van der Waals surface area contributed by atoms with Crippen molar-refractivity contribution in [2.24, 2.45) is 11.7 Å². The van der Waals surface area contributed by atoms with Crippen LogP contribution in [0.3, 0.4) is 0 Å². The van der Waals surface area contributed by atoms with Gasteiger partial charge in [0.25, 0.3) is 0 Å². The number of halogens is 1. The lowest BCUT2D eigenvalue weighted by atomic mass is 10.0. The number of fused-ring (bicyclic) bond motifs is 1. The predicted molar refractivity (Wildman–Crippen MR) is 154 cm³/mol. The van der Waals surface area contributed by atoms with Gasteiger partial charge in [-0.1, -0.05) is 54.6 Å². The lowest BCUT2D eigenvalue weighted by molar-refractivity contribution is -0.136. The minimum absolute atomic E-state index is 0.0810. The highest BCUT2D eigenvalue weighted by atomic mass is 19.1. The number of benzene rings is 4. The van der Waals surface area contributed by atoms with E-state index in [1.54, 1.807) is 66.7 Å². The van der Waals surface area contributed by atoms with Gasteiger partial charge in [-0.2, -0.15) is 0 Å². The third kappa shape index (κ3) is 5.95. The Morgan fingerprint density at radius 1 is 0.829 bits per heavy atom. The van der Waals surface area contributed by atoms with Crippen molar-refractivity contribution in [1.29, 1.82) is 0 Å². The zero-order chi connectivity index (χ0) is 28.9. The van der Waals surface area contributed by atoms with Gasteiger partial charge in [0, 0.05) is 30.8 Å². The summed E-state index contributed by atoms with van der Waals surface area (Å²) in [5.41, 5.74) is 9.16. The minimum Gasteiger partial charge on any atom is -0.508 e. The van der Waals surface area contributed by atoms with E-state index < -0.39 is 35.9 Å². The van der Waals surface area contributed by atoms with E-state index in [1.807, 2.05) is 12.1 Å². The molecule has 0 aromatic heterocycles. The molecule has 208 valence electrons. The van der Waals surface area contributed by atoms with Crippen LogP contribution in [-0.2, 0) is 34.0 Å². The summed E-state index contributed by atoms with van der Waals surface area (Å²) < 4.78 is 14.1. The van der Waals surface area contributed by atoms with Crippen LogP contribution in [0.2, 0.25) is 0 Å². The molecule has 0 saturated heterocycles. The maximum atomic E-state index is 14.2. The number of anilines is 3. The molecule has 4 N–H and O–H groups in total. The molecule has 1 atom stereocenters. The number of carbonyl (C=O) groups is 3. The minimum atomic E-state index is -1.35. The van der Waals surface area contributed by atoms with E-state index in [-0.39, 0.29) is 18.8 Å². The normalized spacial score (nSPS) is 14.9. The Balaban J connectivity index is 1.52. The summed E-state index contributed by atoms with van der Waals surface area (Å²) in [6.45, 7) is 0.355. The van der Waals surface area contributed by atoms with Gasteiger partial charge in [-0.15, -0.1) is 0 Å². The van der Waals surface area contributed by atoms with E-state index in [0.29, 0.717) is 29.2 Å². The van der Waals surface area contributed by atoms with E-state index in [1.165, 1.54) is 28.0 Å². The van der Waals surface area contributed by atoms with Crippen molar-refractivity contribution < 1.29 is 23.9 Å². The number of hydrogen-bond donors (Lipinski definition) is 3. The van der Waals surface area contributed by atoms with Gasteiger partial charge in [0.1, 0.15) is 17.5 Å². The van der Waals surface area contributed by atoms with Crippen LogP contribution >= 0.6 is 0 Å². The molecule has 1 heterocycles. The number of rotatable bonds is 8. The fourth-order valence-corrected chi connectivity index (χ4v) is 4.83. The van der Waals surface area contributed by atoms with Gasteiger partial charge in [-0.05, 0) is 53.6 Å². The molecule has 0 spiro atoms. The average molecular weight is 553 g/mol. The highest BCUT2D eigenvalue weighted by molar-refractivity contribution is 6.21. The van der Waals surface area contributed by atoms with Gasteiger partial charge in [0.15, 0.2) is 0 Å². The number of nitrogens with two attached hydrogens (primary N) is 1. The molecule has 41 heavy (non-hydrogen) atoms. The number of phenolic OH excluding ortho intramolecular Hbond substituents is 1. The highest BCUT2D eigenvalue weighted by Gasteiger charge is 2.42. The maximum absolute atomic E-state index is 14.2. The van der Waals surface area contributed by atoms with Crippen molar-refractivity contribution in [2.45, 2.75) is 26.1 Å². The Bertz CT molecular complexity index is 1570. The van der Waals surface area contributed by atoms with E-state index in [2.05, 4.69) is 5.32 Å². The second kappa shape index (κ2) is 12.0. The Kier molecular flexibility index (Phi) is 8.07. The number of carbonyl (C=O) groups excluding carboxylic acids is 3. The van der Waals surface area contributed by atoms with Crippen LogP contribution in [0.4, 0.5) is 21.5 Å². The molecule has 0 saturated carbocycles. The molecule has 1 unspecified atom stereocenters. The molecule has 5 rings (SSSR count). The number of nitrogens with one attached hydrogen (secondary N) is 1. The number of para-hydroxylation sites is 2. The Morgan fingerprint density at radius 3 is 2.15 bits per heavy atom. The molecular weight excluding hydrogens is 523 g/mol. The summed E-state index contributed by atoms with van der Waals surface area (Å²) in [5, 5.41) is 12.4. The van der Waals surface area contributed by atoms with E-state index in [0.717, 1.165) is 11.1 Å². The summed E-state index contributed by atoms with van der Waals surface area (Å²) in [4.78, 5) is 44.3. The Labute approximate surface area is 236 Å². The number of phenols is 1. The van der Waals surface area contributed by atoms with Crippen molar-refractivity contribution >= 4 is 34.8 Å². The largest absolute Gasteiger partial charge is 0.508 e. The second-order valence-corrected chi connectivity index (χ2v) is 9.75. The summed E-state index contributed by atoms with van der Waals surface area (Å²) >= 11 is 0. The quantitative estimate of drug-likeness (QED) is 0.278. The maximum Gasteiger partial charge on any atom is 0.244 e. The third-order valence-corrected chi connectivity index (χ3v) is 7.03. The molecule has 4 aromatic rings. The molecular formula is C32H29FN4O4. The summed E-state index contributed by atoms with van der Waals surface area (Å²) in [6.07, 6.45) is -0.427. The zero-order valence-corrected chi connectivity index (χ0v) is 22.2. The first-order chi connectivity index (χ1) is 19.9. The van der Waals surface area contributed by atoms with Gasteiger partial charge in [-0.3, -0.25) is 19.3 Å². The van der Waals surface area contributed by atoms with Crippen LogP contribution in [0.25, 0.3) is 0 Å². The average Bonchev–Trinajstić information content (AvgIpc) is 3.07. The second-order valence-electron chi connectivity index (χ2n) is 9.75. The number of aromatic hydroxyl groups is 1. The van der Waals surface area contributed by atoms with Crippen molar-refractivity contribution in [3.8, 4) is 5.75 Å². The molecule has 9 heteroatoms. The topological polar surface area (TPSA) is 116 Å². The third-order valence-electron chi connectivity index (χ3n) is 7.03. The van der Waals surface area contributed by atoms with Crippen LogP contribution in [0.5, 0.6) is 5.75 Å². The molecule has 0 aliphatic carbocycles. The lowest BCUT2D eigenvalue weighted by Gasteiger charge is -2.26. The molecule has 0 fully saturated rings. The van der Waals surface area contributed by atoms with Gasteiger partial charge >= 0.3 is 0 Å². The first-order valence-electron chi connectivity index (χ1n) is 13.2. The summed E-state index contributed by atoms with van der Waals surface area (Å²) in [6, 6.07) is 26.7. The van der Waals surface area contributed by atoms with Gasteiger partial charge in [0.2, 0.25) is 17.7 Å². The van der Waals surface area contributed by atoms with Crippen molar-refractivity contribution in [1.82, 2.24) is 5.32 Å².